The number of nitrogens with zero attached hydrogens (tertiary/aromatic N) is 1. The highest BCUT2D eigenvalue weighted by Crippen LogP contribution is 2.26. The van der Waals surface area contributed by atoms with Gasteiger partial charge in [-0.05, 0) is 36.6 Å². The molecule has 0 saturated carbocycles. The van der Waals surface area contributed by atoms with E-state index in [1.807, 2.05) is 6.07 Å². The first-order valence-corrected chi connectivity index (χ1v) is 6.50. The minimum absolute atomic E-state index is 0.203. The lowest BCUT2D eigenvalue weighted by molar-refractivity contribution is 0.306. The fourth-order valence-electron chi connectivity index (χ4n) is 2.96. The van der Waals surface area contributed by atoms with Gasteiger partial charge < -0.3 is 5.32 Å². The Morgan fingerprint density at radius 1 is 1.41 bits per heavy atom. The molecule has 4 heteroatoms. The molecule has 2 atom stereocenters. The molecule has 2 aliphatic rings. The second kappa shape index (κ2) is 4.56. The Hall–Kier alpha value is -0.640. The van der Waals surface area contributed by atoms with Crippen molar-refractivity contribution in [3.63, 3.8) is 0 Å². The predicted molar refractivity (Wildman–Crippen MR) is 66.6 cm³/mol. The van der Waals surface area contributed by atoms with Crippen molar-refractivity contribution in [2.75, 3.05) is 19.6 Å². The van der Waals surface area contributed by atoms with Gasteiger partial charge in [0.25, 0.3) is 0 Å². The Morgan fingerprint density at radius 3 is 3.06 bits per heavy atom. The Labute approximate surface area is 106 Å². The number of hydrogen-bond acceptors (Lipinski definition) is 2. The SMILES string of the molecule is Fc1cc(CN2C[C@H]3CCN[C@H]3C2)ccc1Cl. The van der Waals surface area contributed by atoms with E-state index in [9.17, 15) is 4.39 Å². The van der Waals surface area contributed by atoms with Crippen molar-refractivity contribution in [1.29, 1.82) is 0 Å². The summed E-state index contributed by atoms with van der Waals surface area (Å²) in [6.07, 6.45) is 1.27. The lowest BCUT2D eigenvalue weighted by atomic mass is 10.1. The summed E-state index contributed by atoms with van der Waals surface area (Å²) in [5.74, 6) is 0.467. The van der Waals surface area contributed by atoms with E-state index in [1.165, 1.54) is 6.42 Å². The molecular formula is C13H16ClFN2. The van der Waals surface area contributed by atoms with Crippen LogP contribution in [0.25, 0.3) is 0 Å². The second-order valence-electron chi connectivity index (χ2n) is 5.05. The standard InChI is InChI=1S/C13H16ClFN2/c14-11-2-1-9(5-12(11)15)6-17-7-10-3-4-16-13(10)8-17/h1-2,5,10,13,16H,3-4,6-8H2/t10-,13+/m1/s1. The van der Waals surface area contributed by atoms with Crippen LogP contribution in [0.5, 0.6) is 0 Å². The maximum atomic E-state index is 13.3. The topological polar surface area (TPSA) is 15.3 Å². The van der Waals surface area contributed by atoms with Crippen molar-refractivity contribution in [3.05, 3.63) is 34.6 Å². The number of hydrogen-bond donors (Lipinski definition) is 1. The van der Waals surface area contributed by atoms with E-state index in [-0.39, 0.29) is 10.8 Å². The smallest absolute Gasteiger partial charge is 0.142 e. The molecule has 2 saturated heterocycles. The summed E-state index contributed by atoms with van der Waals surface area (Å²) in [5, 5.41) is 3.72. The molecule has 0 aromatic heterocycles. The predicted octanol–water partition coefficient (Wildman–Crippen LogP) is 2.27. The fraction of sp³-hybridized carbons (Fsp3) is 0.538. The molecule has 3 rings (SSSR count). The maximum absolute atomic E-state index is 13.3. The van der Waals surface area contributed by atoms with Crippen LogP contribution < -0.4 is 5.32 Å². The summed E-state index contributed by atoms with van der Waals surface area (Å²) < 4.78 is 13.3. The van der Waals surface area contributed by atoms with Crippen LogP contribution in [-0.2, 0) is 6.54 Å². The highest BCUT2D eigenvalue weighted by molar-refractivity contribution is 6.30. The van der Waals surface area contributed by atoms with Gasteiger partial charge in [0.15, 0.2) is 0 Å². The molecule has 0 bridgehead atoms. The van der Waals surface area contributed by atoms with Gasteiger partial charge in [-0.2, -0.15) is 0 Å². The van der Waals surface area contributed by atoms with Crippen LogP contribution in [-0.4, -0.2) is 30.6 Å². The second-order valence-corrected chi connectivity index (χ2v) is 5.46. The van der Waals surface area contributed by atoms with Crippen molar-refractivity contribution in [1.82, 2.24) is 10.2 Å². The van der Waals surface area contributed by atoms with Crippen LogP contribution in [0, 0.1) is 11.7 Å². The van der Waals surface area contributed by atoms with Gasteiger partial charge in [0, 0.05) is 25.7 Å². The minimum Gasteiger partial charge on any atom is -0.312 e. The van der Waals surface area contributed by atoms with E-state index in [1.54, 1.807) is 12.1 Å². The number of rotatable bonds is 2. The Balaban J connectivity index is 1.65. The lowest BCUT2D eigenvalue weighted by Gasteiger charge is -2.16. The molecule has 17 heavy (non-hydrogen) atoms. The Bertz CT molecular complexity index is 412. The third-order valence-corrected chi connectivity index (χ3v) is 4.14. The zero-order valence-corrected chi connectivity index (χ0v) is 10.4. The Kier molecular flexibility index (Phi) is 3.07. The van der Waals surface area contributed by atoms with Crippen LogP contribution >= 0.6 is 11.6 Å². The number of benzene rings is 1. The third-order valence-electron chi connectivity index (χ3n) is 3.83. The number of fused-ring (bicyclic) bond motifs is 1. The number of halogens is 2. The van der Waals surface area contributed by atoms with Crippen molar-refractivity contribution in [2.24, 2.45) is 5.92 Å². The summed E-state index contributed by atoms with van der Waals surface area (Å²) >= 11 is 5.68. The van der Waals surface area contributed by atoms with Crippen LogP contribution in [0.4, 0.5) is 4.39 Å². The van der Waals surface area contributed by atoms with Gasteiger partial charge in [-0.1, -0.05) is 17.7 Å². The number of likely N-dealkylation sites (tertiary alicyclic amines) is 1. The monoisotopic (exact) mass is 254 g/mol. The maximum Gasteiger partial charge on any atom is 0.142 e. The summed E-state index contributed by atoms with van der Waals surface area (Å²) in [4.78, 5) is 2.39. The van der Waals surface area contributed by atoms with E-state index < -0.39 is 0 Å². The average Bonchev–Trinajstić information content (AvgIpc) is 2.84. The molecule has 0 radical (unpaired) electrons. The first-order valence-electron chi connectivity index (χ1n) is 6.12. The van der Waals surface area contributed by atoms with Gasteiger partial charge in [-0.25, -0.2) is 4.39 Å². The molecule has 1 N–H and O–H groups in total. The number of nitrogens with one attached hydrogen (secondary N) is 1. The van der Waals surface area contributed by atoms with Crippen molar-refractivity contribution in [3.8, 4) is 0 Å². The first-order chi connectivity index (χ1) is 8.22. The molecule has 2 heterocycles. The van der Waals surface area contributed by atoms with Crippen LogP contribution in [0.2, 0.25) is 5.02 Å². The van der Waals surface area contributed by atoms with Crippen LogP contribution in [0.3, 0.4) is 0 Å². The molecule has 2 nitrogen and oxygen atoms in total. The minimum atomic E-state index is -0.318. The molecule has 92 valence electrons. The molecule has 0 unspecified atom stereocenters. The first kappa shape index (κ1) is 11.5. The highest BCUT2D eigenvalue weighted by Gasteiger charge is 2.35. The van der Waals surface area contributed by atoms with E-state index in [0.29, 0.717) is 6.04 Å². The van der Waals surface area contributed by atoms with Gasteiger partial charge in [0.1, 0.15) is 5.82 Å². The van der Waals surface area contributed by atoms with Crippen LogP contribution in [0.1, 0.15) is 12.0 Å². The van der Waals surface area contributed by atoms with E-state index in [0.717, 1.165) is 37.7 Å². The normalized spacial score (nSPS) is 28.6. The third kappa shape index (κ3) is 2.32. The summed E-state index contributed by atoms with van der Waals surface area (Å²) in [6, 6.07) is 5.74. The molecule has 2 aliphatic heterocycles. The van der Waals surface area contributed by atoms with Crippen LogP contribution in [0.15, 0.2) is 18.2 Å². The van der Waals surface area contributed by atoms with Gasteiger partial charge in [-0.3, -0.25) is 4.90 Å². The summed E-state index contributed by atoms with van der Waals surface area (Å²) in [6.45, 7) is 4.18. The van der Waals surface area contributed by atoms with Gasteiger partial charge in [0.05, 0.1) is 5.02 Å². The van der Waals surface area contributed by atoms with Crippen molar-refractivity contribution < 1.29 is 4.39 Å². The Morgan fingerprint density at radius 2 is 2.29 bits per heavy atom. The molecule has 0 spiro atoms. The average molecular weight is 255 g/mol. The van der Waals surface area contributed by atoms with Gasteiger partial charge >= 0.3 is 0 Å². The van der Waals surface area contributed by atoms with Crippen molar-refractivity contribution >= 4 is 11.6 Å². The molecule has 2 fully saturated rings. The summed E-state index contributed by atoms with van der Waals surface area (Å²) in [7, 11) is 0. The molecule has 1 aromatic rings. The van der Waals surface area contributed by atoms with Crippen molar-refractivity contribution in [2.45, 2.75) is 19.0 Å². The zero-order valence-electron chi connectivity index (χ0n) is 9.63. The molecule has 0 aliphatic carbocycles. The largest absolute Gasteiger partial charge is 0.312 e. The summed E-state index contributed by atoms with van der Waals surface area (Å²) in [5.41, 5.74) is 1.01. The zero-order chi connectivity index (χ0) is 11.8. The highest BCUT2D eigenvalue weighted by atomic mass is 35.5. The van der Waals surface area contributed by atoms with E-state index >= 15 is 0 Å². The molecular weight excluding hydrogens is 239 g/mol. The van der Waals surface area contributed by atoms with Gasteiger partial charge in [0.2, 0.25) is 0 Å². The molecule has 0 amide bonds. The molecule has 1 aromatic carbocycles. The fourth-order valence-corrected chi connectivity index (χ4v) is 3.08. The van der Waals surface area contributed by atoms with E-state index in [4.69, 9.17) is 11.6 Å². The van der Waals surface area contributed by atoms with Gasteiger partial charge in [-0.15, -0.1) is 0 Å². The van der Waals surface area contributed by atoms with E-state index in [2.05, 4.69) is 10.2 Å². The quantitative estimate of drug-likeness (QED) is 0.871. The lowest BCUT2D eigenvalue weighted by Crippen LogP contribution is -2.29.